The molecule has 0 spiro atoms. The second kappa shape index (κ2) is 10.0. The first-order valence-electron chi connectivity index (χ1n) is 9.41. The number of aromatic nitrogens is 6. The minimum Gasteiger partial charge on any atom is -0.422 e. The molecule has 29 heavy (non-hydrogen) atoms. The molecule has 3 rings (SSSR count). The quantitative estimate of drug-likeness (QED) is 0.349. The molecular formula is C21H31BIrN6-. The number of allylic oxidation sites excluding steroid dienone is 2. The van der Waals surface area contributed by atoms with E-state index in [4.69, 9.17) is 0 Å². The molecule has 0 bridgehead atoms. The van der Waals surface area contributed by atoms with Gasteiger partial charge < -0.3 is 13.8 Å². The Morgan fingerprint density at radius 1 is 0.655 bits per heavy atom. The van der Waals surface area contributed by atoms with Gasteiger partial charge in [-0.2, -0.15) is 0 Å². The van der Waals surface area contributed by atoms with Crippen LogP contribution in [0.15, 0.2) is 42.5 Å². The van der Waals surface area contributed by atoms with Crippen molar-refractivity contribution >= 4 is 7.12 Å². The van der Waals surface area contributed by atoms with Crippen LogP contribution in [0.1, 0.15) is 48.0 Å². The molecule has 158 valence electrons. The number of rotatable bonds is 4. The van der Waals surface area contributed by atoms with Crippen molar-refractivity contribution in [1.29, 1.82) is 0 Å². The number of hydrogen-bond donors (Lipinski definition) is 0. The van der Waals surface area contributed by atoms with Gasteiger partial charge in [0.1, 0.15) is 0 Å². The summed E-state index contributed by atoms with van der Waals surface area (Å²) in [6, 6.07) is 6.22. The van der Waals surface area contributed by atoms with Crippen molar-refractivity contribution in [2.75, 3.05) is 0 Å². The molecule has 3 aromatic rings. The van der Waals surface area contributed by atoms with Gasteiger partial charge in [0.2, 0.25) is 0 Å². The molecule has 8 heteroatoms. The molecule has 0 unspecified atom stereocenters. The summed E-state index contributed by atoms with van der Waals surface area (Å²) in [6.45, 7) is 23.4. The third-order valence-corrected chi connectivity index (χ3v) is 4.52. The first-order valence-corrected chi connectivity index (χ1v) is 9.41. The Bertz CT molecular complexity index is 889. The molecule has 0 atom stereocenters. The maximum atomic E-state index is 4.66. The SMILES string of the molecule is C=C(C)C(=C)C.Cc1cc(C)n([B-](n2nc(C)cc2C)n2nc(C)cc2C)n1.[Ir]. The largest absolute Gasteiger partial charge is 0.422 e. The summed E-state index contributed by atoms with van der Waals surface area (Å²) in [5.74, 6) is 0. The van der Waals surface area contributed by atoms with E-state index in [1.165, 1.54) is 0 Å². The number of hydrogen-bond acceptors (Lipinski definition) is 3. The molecule has 0 saturated heterocycles. The van der Waals surface area contributed by atoms with Crippen LogP contribution in [-0.2, 0) is 20.1 Å². The summed E-state index contributed by atoms with van der Waals surface area (Å²) in [5.41, 5.74) is 8.36. The Kier molecular flexibility index (Phi) is 8.60. The first-order chi connectivity index (χ1) is 13.0. The predicted molar refractivity (Wildman–Crippen MR) is 117 cm³/mol. The van der Waals surface area contributed by atoms with E-state index >= 15 is 0 Å². The van der Waals surface area contributed by atoms with Crippen molar-refractivity contribution in [2.24, 2.45) is 0 Å². The molecule has 3 heterocycles. The van der Waals surface area contributed by atoms with Crippen LogP contribution in [0.5, 0.6) is 0 Å². The molecule has 0 aliphatic heterocycles. The smallest absolute Gasteiger partial charge is 0.261 e. The Labute approximate surface area is 188 Å². The van der Waals surface area contributed by atoms with Gasteiger partial charge in [-0.15, -0.1) is 0 Å². The fraction of sp³-hybridized carbons (Fsp3) is 0.381. The summed E-state index contributed by atoms with van der Waals surface area (Å²) < 4.78 is 5.94. The van der Waals surface area contributed by atoms with E-state index in [-0.39, 0.29) is 27.2 Å². The summed E-state index contributed by atoms with van der Waals surface area (Å²) >= 11 is 0. The zero-order valence-corrected chi connectivity index (χ0v) is 21.1. The Balaban J connectivity index is 0.000000529. The van der Waals surface area contributed by atoms with Crippen LogP contribution in [0.3, 0.4) is 0 Å². The minimum absolute atomic E-state index is 0. The van der Waals surface area contributed by atoms with E-state index in [0.717, 1.165) is 45.3 Å². The van der Waals surface area contributed by atoms with E-state index in [1.54, 1.807) is 0 Å². The molecule has 6 nitrogen and oxygen atoms in total. The van der Waals surface area contributed by atoms with Gasteiger partial charge in [-0.1, -0.05) is 24.3 Å². The average molecular weight is 571 g/mol. The molecule has 0 saturated carbocycles. The molecule has 0 amide bonds. The van der Waals surface area contributed by atoms with Gasteiger partial charge in [0.15, 0.2) is 0 Å². The van der Waals surface area contributed by atoms with Crippen LogP contribution < -0.4 is 0 Å². The number of aryl methyl sites for hydroxylation is 6. The van der Waals surface area contributed by atoms with E-state index < -0.39 is 0 Å². The van der Waals surface area contributed by atoms with Crippen LogP contribution in [0.25, 0.3) is 0 Å². The van der Waals surface area contributed by atoms with Gasteiger partial charge in [0, 0.05) is 20.1 Å². The summed E-state index contributed by atoms with van der Waals surface area (Å²) in [7, 11) is -0.226. The predicted octanol–water partition coefficient (Wildman–Crippen LogP) is 4.19. The van der Waals surface area contributed by atoms with Crippen molar-refractivity contribution in [3.8, 4) is 0 Å². The third-order valence-electron chi connectivity index (χ3n) is 4.52. The van der Waals surface area contributed by atoms with Gasteiger partial charge in [-0.25, -0.2) is 15.3 Å². The van der Waals surface area contributed by atoms with Gasteiger partial charge in [0.25, 0.3) is 7.12 Å². The monoisotopic (exact) mass is 571 g/mol. The van der Waals surface area contributed by atoms with E-state index in [1.807, 2.05) is 48.4 Å². The zero-order valence-electron chi connectivity index (χ0n) is 18.7. The van der Waals surface area contributed by atoms with Crippen molar-refractivity contribution in [3.63, 3.8) is 0 Å². The van der Waals surface area contributed by atoms with Crippen LogP contribution in [-0.4, -0.2) is 36.2 Å². The maximum Gasteiger partial charge on any atom is 0.261 e. The normalized spacial score (nSPS) is 10.4. The Morgan fingerprint density at radius 3 is 1.03 bits per heavy atom. The van der Waals surface area contributed by atoms with Crippen LogP contribution in [0.2, 0.25) is 0 Å². The van der Waals surface area contributed by atoms with Gasteiger partial charge in [-0.3, -0.25) is 0 Å². The molecule has 0 aliphatic carbocycles. The molecule has 3 aromatic heterocycles. The third kappa shape index (κ3) is 5.90. The van der Waals surface area contributed by atoms with Crippen molar-refractivity contribution in [2.45, 2.75) is 55.4 Å². The van der Waals surface area contributed by atoms with E-state index in [9.17, 15) is 0 Å². The molecule has 0 aliphatic rings. The maximum absolute atomic E-state index is 4.66. The van der Waals surface area contributed by atoms with Gasteiger partial charge >= 0.3 is 0 Å². The van der Waals surface area contributed by atoms with Crippen LogP contribution in [0.4, 0.5) is 0 Å². The molecule has 0 aromatic carbocycles. The summed E-state index contributed by atoms with van der Waals surface area (Å²) in [6.07, 6.45) is 0. The van der Waals surface area contributed by atoms with Crippen molar-refractivity contribution < 1.29 is 20.1 Å². The zero-order chi connectivity index (χ0) is 21.2. The topological polar surface area (TPSA) is 53.5 Å². The molecule has 2 radical (unpaired) electrons. The van der Waals surface area contributed by atoms with E-state index in [2.05, 4.69) is 67.4 Å². The second-order valence-electron chi connectivity index (χ2n) is 7.52. The molecular weight excluding hydrogens is 539 g/mol. The summed E-state index contributed by atoms with van der Waals surface area (Å²) in [5, 5.41) is 14.0. The first kappa shape index (κ1) is 24.9. The number of nitrogens with zero attached hydrogens (tertiary/aromatic N) is 6. The Hall–Kier alpha value is -2.18. The van der Waals surface area contributed by atoms with Crippen LogP contribution in [0, 0.1) is 41.5 Å². The molecule has 0 N–H and O–H groups in total. The summed E-state index contributed by atoms with van der Waals surface area (Å²) in [4.78, 5) is 0. The minimum atomic E-state index is -0.226. The molecule has 0 fully saturated rings. The fourth-order valence-corrected chi connectivity index (χ4v) is 2.95. The van der Waals surface area contributed by atoms with Crippen LogP contribution >= 0.6 is 0 Å². The Morgan fingerprint density at radius 2 is 0.897 bits per heavy atom. The fourth-order valence-electron chi connectivity index (χ4n) is 2.95. The van der Waals surface area contributed by atoms with Gasteiger partial charge in [-0.05, 0) is 90.7 Å². The van der Waals surface area contributed by atoms with Gasteiger partial charge in [0.05, 0.1) is 17.1 Å². The second-order valence-corrected chi connectivity index (χ2v) is 7.52. The van der Waals surface area contributed by atoms with E-state index in [0.29, 0.717) is 0 Å². The van der Waals surface area contributed by atoms with Crippen molar-refractivity contribution in [1.82, 2.24) is 29.1 Å². The standard InChI is InChI=1S/C15H21BN6.C6H10.Ir/c1-10-7-13(4)20(17-10)16(21-14(5)8-11(2)18-21)22-15(6)9-12(3)19-22;1-5(2)6(3)4;/h7-9H,1-6H3;1,3H2,2,4H3;/q-1;;. The van der Waals surface area contributed by atoms with Crippen molar-refractivity contribution in [3.05, 3.63) is 76.7 Å². The average Bonchev–Trinajstić information content (AvgIpc) is 3.19.